The van der Waals surface area contributed by atoms with Gasteiger partial charge in [-0.3, -0.25) is 10.1 Å². The molecule has 3 rings (SSSR count). The molecule has 0 atom stereocenters. The number of amides is 3. The van der Waals surface area contributed by atoms with E-state index in [9.17, 15) is 14.4 Å². The van der Waals surface area contributed by atoms with Crippen molar-refractivity contribution in [1.82, 2.24) is 15.6 Å². The quantitative estimate of drug-likeness (QED) is 0.597. The van der Waals surface area contributed by atoms with Crippen molar-refractivity contribution in [1.29, 1.82) is 0 Å². The molecule has 0 fully saturated rings. The van der Waals surface area contributed by atoms with Crippen LogP contribution in [0.1, 0.15) is 23.5 Å². The van der Waals surface area contributed by atoms with Crippen molar-refractivity contribution >= 4 is 50.8 Å². The van der Waals surface area contributed by atoms with E-state index in [4.69, 9.17) is 4.74 Å². The summed E-state index contributed by atoms with van der Waals surface area (Å²) in [4.78, 5) is 41.2. The third-order valence-corrected chi connectivity index (χ3v) is 5.84. The number of para-hydroxylation sites is 1. The average molecular weight is 418 g/mol. The van der Waals surface area contributed by atoms with Crippen LogP contribution in [0.5, 0.6) is 0 Å². The first-order chi connectivity index (χ1) is 13.4. The number of carbonyl (C=O) groups is 3. The van der Waals surface area contributed by atoms with Gasteiger partial charge >= 0.3 is 12.0 Å². The lowest BCUT2D eigenvalue weighted by Gasteiger charge is -2.08. The van der Waals surface area contributed by atoms with Crippen LogP contribution in [-0.4, -0.2) is 36.0 Å². The van der Waals surface area contributed by atoms with Gasteiger partial charge in [-0.05, 0) is 30.2 Å². The molecule has 0 aliphatic heterocycles. The van der Waals surface area contributed by atoms with Crippen LogP contribution in [-0.2, 0) is 9.53 Å². The highest BCUT2D eigenvalue weighted by Crippen LogP contribution is 2.34. The Labute approximate surface area is 169 Å². The summed E-state index contributed by atoms with van der Waals surface area (Å²) < 4.78 is 6.06. The smallest absolute Gasteiger partial charge is 0.348 e. The van der Waals surface area contributed by atoms with Gasteiger partial charge in [-0.2, -0.15) is 0 Å². The van der Waals surface area contributed by atoms with E-state index in [0.29, 0.717) is 11.4 Å². The summed E-state index contributed by atoms with van der Waals surface area (Å²) in [5.41, 5.74) is 0.910. The summed E-state index contributed by atoms with van der Waals surface area (Å²) in [6.45, 7) is 3.80. The molecule has 0 spiro atoms. The molecule has 0 radical (unpaired) electrons. The number of imide groups is 1. The standard InChI is InChI=1S/C19H19N3O4S2/c1-11(2)9-20-19(25)22-16(23)10-26-18(24)15-8-7-14(27-15)17-21-12-5-3-4-6-13(12)28-17/h3-8,11H,9-10H2,1-2H3,(H2,20,22,23,25). The topological polar surface area (TPSA) is 97.4 Å². The minimum atomic E-state index is -0.683. The van der Waals surface area contributed by atoms with Crippen molar-refractivity contribution < 1.29 is 19.1 Å². The summed E-state index contributed by atoms with van der Waals surface area (Å²) >= 11 is 2.79. The third kappa shape index (κ3) is 5.14. The zero-order valence-electron chi connectivity index (χ0n) is 15.4. The Kier molecular flexibility index (Phi) is 6.37. The monoisotopic (exact) mass is 417 g/mol. The van der Waals surface area contributed by atoms with Crippen LogP contribution in [0.25, 0.3) is 20.1 Å². The Balaban J connectivity index is 1.54. The van der Waals surface area contributed by atoms with Gasteiger partial charge in [0.05, 0.1) is 15.1 Å². The number of nitrogens with one attached hydrogen (secondary N) is 2. The highest BCUT2D eigenvalue weighted by atomic mass is 32.1. The number of thiophene rings is 1. The van der Waals surface area contributed by atoms with Crippen molar-refractivity contribution in [3.63, 3.8) is 0 Å². The highest BCUT2D eigenvalue weighted by Gasteiger charge is 2.16. The van der Waals surface area contributed by atoms with Crippen molar-refractivity contribution in [2.24, 2.45) is 5.92 Å². The fraction of sp³-hybridized carbons (Fsp3) is 0.263. The lowest BCUT2D eigenvalue weighted by Crippen LogP contribution is -2.42. The van der Waals surface area contributed by atoms with Gasteiger partial charge in [-0.25, -0.2) is 14.6 Å². The van der Waals surface area contributed by atoms with Crippen LogP contribution >= 0.6 is 22.7 Å². The maximum absolute atomic E-state index is 12.2. The number of esters is 1. The Hall–Kier alpha value is -2.78. The van der Waals surface area contributed by atoms with Crippen LogP contribution in [0.4, 0.5) is 4.79 Å². The van der Waals surface area contributed by atoms with E-state index in [1.54, 1.807) is 23.5 Å². The molecule has 146 valence electrons. The van der Waals surface area contributed by atoms with Crippen LogP contribution < -0.4 is 10.6 Å². The second kappa shape index (κ2) is 8.94. The van der Waals surface area contributed by atoms with E-state index in [1.165, 1.54) is 11.3 Å². The number of rotatable bonds is 6. The number of ether oxygens (including phenoxy) is 1. The van der Waals surface area contributed by atoms with Gasteiger partial charge in [-0.1, -0.05) is 26.0 Å². The van der Waals surface area contributed by atoms with Crippen LogP contribution in [0.3, 0.4) is 0 Å². The lowest BCUT2D eigenvalue weighted by molar-refractivity contribution is -0.123. The number of thiazole rings is 1. The SMILES string of the molecule is CC(C)CNC(=O)NC(=O)COC(=O)c1ccc(-c2nc3ccccc3s2)s1. The zero-order chi connectivity index (χ0) is 20.1. The summed E-state index contributed by atoms with van der Waals surface area (Å²) in [6.07, 6.45) is 0. The Bertz CT molecular complexity index is 976. The van der Waals surface area contributed by atoms with Gasteiger partial charge in [0.25, 0.3) is 5.91 Å². The Morgan fingerprint density at radius 2 is 1.89 bits per heavy atom. The minimum absolute atomic E-state index is 0.266. The predicted octanol–water partition coefficient (Wildman–Crippen LogP) is 3.66. The fourth-order valence-electron chi connectivity index (χ4n) is 2.25. The van der Waals surface area contributed by atoms with Gasteiger partial charge in [0.2, 0.25) is 0 Å². The minimum Gasteiger partial charge on any atom is -0.451 e. The molecule has 2 heterocycles. The number of hydrogen-bond donors (Lipinski definition) is 2. The Morgan fingerprint density at radius 3 is 2.64 bits per heavy atom. The number of benzene rings is 1. The number of nitrogens with zero attached hydrogens (tertiary/aromatic N) is 1. The highest BCUT2D eigenvalue weighted by molar-refractivity contribution is 7.26. The molecule has 28 heavy (non-hydrogen) atoms. The molecule has 0 saturated heterocycles. The van der Waals surface area contributed by atoms with Crippen molar-refractivity contribution in [3.8, 4) is 9.88 Å². The van der Waals surface area contributed by atoms with Crippen molar-refractivity contribution in [2.75, 3.05) is 13.2 Å². The van der Waals surface area contributed by atoms with E-state index in [-0.39, 0.29) is 5.92 Å². The summed E-state index contributed by atoms with van der Waals surface area (Å²) in [5, 5.41) is 5.49. The fourth-order valence-corrected chi connectivity index (χ4v) is 4.17. The van der Waals surface area contributed by atoms with Gasteiger partial charge in [0.15, 0.2) is 6.61 Å². The molecule has 0 aliphatic carbocycles. The first-order valence-electron chi connectivity index (χ1n) is 8.63. The van der Waals surface area contributed by atoms with Crippen molar-refractivity contribution in [2.45, 2.75) is 13.8 Å². The number of hydrogen-bond acceptors (Lipinski definition) is 7. The van der Waals surface area contributed by atoms with Crippen LogP contribution in [0, 0.1) is 5.92 Å². The maximum atomic E-state index is 12.2. The van der Waals surface area contributed by atoms with Gasteiger partial charge in [0, 0.05) is 6.54 Å². The maximum Gasteiger partial charge on any atom is 0.348 e. The second-order valence-electron chi connectivity index (χ2n) is 6.38. The first-order valence-corrected chi connectivity index (χ1v) is 10.3. The molecule has 0 bridgehead atoms. The average Bonchev–Trinajstić information content (AvgIpc) is 3.31. The molecule has 2 N–H and O–H groups in total. The van der Waals surface area contributed by atoms with Crippen molar-refractivity contribution in [3.05, 3.63) is 41.3 Å². The Morgan fingerprint density at radius 1 is 1.11 bits per heavy atom. The number of carbonyl (C=O) groups excluding carboxylic acids is 3. The molecule has 3 amide bonds. The van der Waals surface area contributed by atoms with Gasteiger partial charge in [0.1, 0.15) is 9.88 Å². The normalized spacial score (nSPS) is 10.8. The molecule has 2 aromatic heterocycles. The number of fused-ring (bicyclic) bond motifs is 1. The zero-order valence-corrected chi connectivity index (χ0v) is 17.0. The molecule has 0 aliphatic rings. The number of aromatic nitrogens is 1. The molecule has 0 saturated carbocycles. The molecule has 7 nitrogen and oxygen atoms in total. The summed E-state index contributed by atoms with van der Waals surface area (Å²) in [5.74, 6) is -1.03. The number of urea groups is 1. The van der Waals surface area contributed by atoms with E-state index in [0.717, 1.165) is 20.1 Å². The van der Waals surface area contributed by atoms with Gasteiger partial charge in [-0.15, -0.1) is 22.7 Å². The largest absolute Gasteiger partial charge is 0.451 e. The molecular weight excluding hydrogens is 398 g/mol. The molecular formula is C19H19N3O4S2. The van der Waals surface area contributed by atoms with E-state index in [2.05, 4.69) is 15.6 Å². The lowest BCUT2D eigenvalue weighted by atomic mass is 10.2. The molecule has 3 aromatic rings. The van der Waals surface area contributed by atoms with Gasteiger partial charge < -0.3 is 10.1 Å². The van der Waals surface area contributed by atoms with Crippen LogP contribution in [0.15, 0.2) is 36.4 Å². The second-order valence-corrected chi connectivity index (χ2v) is 8.49. The van der Waals surface area contributed by atoms with Crippen LogP contribution in [0.2, 0.25) is 0 Å². The summed E-state index contributed by atoms with van der Waals surface area (Å²) in [7, 11) is 0. The molecule has 1 aromatic carbocycles. The van der Waals surface area contributed by atoms with E-state index in [1.807, 2.05) is 38.1 Å². The predicted molar refractivity (Wildman–Crippen MR) is 110 cm³/mol. The molecule has 9 heteroatoms. The third-order valence-electron chi connectivity index (χ3n) is 3.57. The van der Waals surface area contributed by atoms with E-state index < -0.39 is 24.5 Å². The summed E-state index contributed by atoms with van der Waals surface area (Å²) in [6, 6.07) is 10.7. The molecule has 0 unspecified atom stereocenters. The van der Waals surface area contributed by atoms with E-state index >= 15 is 0 Å². The first kappa shape index (κ1) is 20.0.